The van der Waals surface area contributed by atoms with Crippen LogP contribution in [0.5, 0.6) is 0 Å². The second-order valence-corrected chi connectivity index (χ2v) is 9.44. The van der Waals surface area contributed by atoms with Gasteiger partial charge in [-0.05, 0) is 65.1 Å². The highest BCUT2D eigenvalue weighted by Gasteiger charge is 2.18. The van der Waals surface area contributed by atoms with E-state index in [1.807, 2.05) is 18.2 Å². The summed E-state index contributed by atoms with van der Waals surface area (Å²) in [6.45, 7) is 8.01. The van der Waals surface area contributed by atoms with Crippen LogP contribution in [0.1, 0.15) is 27.9 Å². The Balaban J connectivity index is 1.29. The molecule has 0 radical (unpaired) electrons. The zero-order valence-corrected chi connectivity index (χ0v) is 22.0. The molecule has 4 aromatic carbocycles. The number of pyridine rings is 1. The third kappa shape index (κ3) is 6.13. The van der Waals surface area contributed by atoms with E-state index in [9.17, 15) is 5.26 Å². The van der Waals surface area contributed by atoms with Crippen LogP contribution < -0.4 is 10.2 Å². The molecule has 190 valence electrons. The predicted molar refractivity (Wildman–Crippen MR) is 160 cm³/mol. The van der Waals surface area contributed by atoms with Gasteiger partial charge in [0.1, 0.15) is 0 Å². The van der Waals surface area contributed by atoms with Crippen molar-refractivity contribution in [2.45, 2.75) is 20.0 Å². The van der Waals surface area contributed by atoms with Crippen molar-refractivity contribution in [1.29, 1.82) is 5.26 Å². The topological polar surface area (TPSA) is 52.0 Å². The van der Waals surface area contributed by atoms with E-state index in [1.165, 1.54) is 22.3 Å². The van der Waals surface area contributed by atoms with Gasteiger partial charge in [-0.25, -0.2) is 0 Å². The first-order chi connectivity index (χ1) is 19.1. The summed E-state index contributed by atoms with van der Waals surface area (Å²) in [4.78, 5) is 6.60. The van der Waals surface area contributed by atoms with E-state index in [2.05, 4.69) is 120 Å². The van der Waals surface area contributed by atoms with Crippen LogP contribution in [0.25, 0.3) is 16.8 Å². The molecule has 0 atom stereocenters. The monoisotopic (exact) mass is 506 g/mol. The maximum absolute atomic E-state index is 9.37. The lowest BCUT2D eigenvalue weighted by molar-refractivity contribution is 0.693. The number of aryl methyl sites for hydroxylation is 1. The molecule has 4 nitrogen and oxygen atoms in total. The van der Waals surface area contributed by atoms with Crippen LogP contribution in [0.4, 0.5) is 11.4 Å². The number of hydrogen-bond acceptors (Lipinski definition) is 4. The van der Waals surface area contributed by atoms with E-state index < -0.39 is 0 Å². The first kappa shape index (κ1) is 25.7. The fraction of sp³-hybridized carbons (Fsp3) is 0.0857. The van der Waals surface area contributed by atoms with Crippen molar-refractivity contribution in [1.82, 2.24) is 10.3 Å². The molecule has 0 unspecified atom stereocenters. The predicted octanol–water partition coefficient (Wildman–Crippen LogP) is 8.03. The SMILES string of the molecule is C=C(c1cc(C#N)ccn1)N(c1ccc(CNCc2ccc(-c3ccccc3)cc2)cc1)c1ccccc1C. The number of rotatable bonds is 9. The molecule has 0 fully saturated rings. The Morgan fingerprint density at radius 2 is 1.41 bits per heavy atom. The fourth-order valence-corrected chi connectivity index (χ4v) is 4.59. The van der Waals surface area contributed by atoms with Crippen molar-refractivity contribution >= 4 is 17.1 Å². The smallest absolute Gasteiger partial charge is 0.0992 e. The van der Waals surface area contributed by atoms with E-state index >= 15 is 0 Å². The summed E-state index contributed by atoms with van der Waals surface area (Å²) in [5, 5.41) is 12.9. The number of nitrogens with one attached hydrogen (secondary N) is 1. The Morgan fingerprint density at radius 3 is 2.08 bits per heavy atom. The summed E-state index contributed by atoms with van der Waals surface area (Å²) in [6.07, 6.45) is 1.65. The van der Waals surface area contributed by atoms with E-state index in [4.69, 9.17) is 0 Å². The normalized spacial score (nSPS) is 10.6. The summed E-state index contributed by atoms with van der Waals surface area (Å²) in [5.41, 5.74) is 9.97. The van der Waals surface area contributed by atoms with Gasteiger partial charge >= 0.3 is 0 Å². The Hall–Kier alpha value is -4.98. The Labute approximate surface area is 230 Å². The maximum Gasteiger partial charge on any atom is 0.0992 e. The zero-order valence-electron chi connectivity index (χ0n) is 22.0. The van der Waals surface area contributed by atoms with Gasteiger partial charge in [0.15, 0.2) is 0 Å². The van der Waals surface area contributed by atoms with Gasteiger partial charge in [-0.3, -0.25) is 4.98 Å². The summed E-state index contributed by atoms with van der Waals surface area (Å²) in [6, 6.07) is 41.5. The van der Waals surface area contributed by atoms with E-state index in [0.29, 0.717) is 17.0 Å². The lowest BCUT2D eigenvalue weighted by atomic mass is 10.0. The number of para-hydroxylation sites is 1. The molecule has 0 saturated heterocycles. The van der Waals surface area contributed by atoms with Gasteiger partial charge in [-0.15, -0.1) is 0 Å². The molecule has 39 heavy (non-hydrogen) atoms. The van der Waals surface area contributed by atoms with Crippen molar-refractivity contribution < 1.29 is 0 Å². The van der Waals surface area contributed by atoms with E-state index in [0.717, 1.165) is 30.0 Å². The number of hydrogen-bond donors (Lipinski definition) is 1. The molecule has 0 bridgehead atoms. The Kier molecular flexibility index (Phi) is 7.92. The van der Waals surface area contributed by atoms with Gasteiger partial charge in [0.25, 0.3) is 0 Å². The van der Waals surface area contributed by atoms with Crippen LogP contribution in [0.3, 0.4) is 0 Å². The molecule has 0 amide bonds. The van der Waals surface area contributed by atoms with Crippen molar-refractivity contribution in [2.24, 2.45) is 0 Å². The number of benzene rings is 4. The molecular formula is C35H30N4. The second kappa shape index (κ2) is 12.0. The fourth-order valence-electron chi connectivity index (χ4n) is 4.59. The quantitative estimate of drug-likeness (QED) is 0.220. The highest BCUT2D eigenvalue weighted by atomic mass is 15.2. The van der Waals surface area contributed by atoms with Crippen molar-refractivity contribution in [2.75, 3.05) is 4.90 Å². The molecule has 5 rings (SSSR count). The molecular weight excluding hydrogens is 476 g/mol. The zero-order chi connectivity index (χ0) is 27.0. The Morgan fingerprint density at radius 1 is 0.795 bits per heavy atom. The maximum atomic E-state index is 9.37. The number of aromatic nitrogens is 1. The summed E-state index contributed by atoms with van der Waals surface area (Å²) in [7, 11) is 0. The van der Waals surface area contributed by atoms with Gasteiger partial charge in [0.2, 0.25) is 0 Å². The molecule has 4 heteroatoms. The summed E-state index contributed by atoms with van der Waals surface area (Å²) >= 11 is 0. The standard InChI is InChI=1S/C35H30N4/c1-26-8-6-7-11-35(26)39(27(2)34-22-30(23-36)20-21-38-34)33-18-14-29(15-19-33)25-37-24-28-12-16-32(17-13-28)31-9-4-3-5-10-31/h3-22,37H,2,24-25H2,1H3. The molecule has 1 aromatic heterocycles. The van der Waals surface area contributed by atoms with E-state index in [1.54, 1.807) is 18.3 Å². The second-order valence-electron chi connectivity index (χ2n) is 9.44. The molecule has 0 aliphatic rings. The third-order valence-electron chi connectivity index (χ3n) is 6.72. The number of nitriles is 1. The van der Waals surface area contributed by atoms with Crippen molar-refractivity contribution in [3.8, 4) is 17.2 Å². The molecule has 1 heterocycles. The van der Waals surface area contributed by atoms with Crippen LogP contribution in [0.15, 0.2) is 128 Å². The Bertz CT molecular complexity index is 1600. The third-order valence-corrected chi connectivity index (χ3v) is 6.72. The first-order valence-corrected chi connectivity index (χ1v) is 13.0. The number of nitrogens with zero attached hydrogens (tertiary/aromatic N) is 3. The molecule has 5 aromatic rings. The molecule has 0 aliphatic heterocycles. The molecule has 0 spiro atoms. The van der Waals surface area contributed by atoms with Crippen molar-refractivity contribution in [3.05, 3.63) is 156 Å². The summed E-state index contributed by atoms with van der Waals surface area (Å²) < 4.78 is 0. The number of anilines is 2. The van der Waals surface area contributed by atoms with Gasteiger partial charge in [-0.1, -0.05) is 91.5 Å². The van der Waals surface area contributed by atoms with Gasteiger partial charge < -0.3 is 10.2 Å². The van der Waals surface area contributed by atoms with Gasteiger partial charge in [0.05, 0.1) is 23.0 Å². The summed E-state index contributed by atoms with van der Waals surface area (Å²) in [5.74, 6) is 0. The molecule has 0 saturated carbocycles. The minimum Gasteiger partial charge on any atom is -0.309 e. The van der Waals surface area contributed by atoms with Crippen LogP contribution in [0, 0.1) is 18.3 Å². The highest BCUT2D eigenvalue weighted by Crippen LogP contribution is 2.35. The van der Waals surface area contributed by atoms with Crippen LogP contribution in [-0.4, -0.2) is 4.98 Å². The highest BCUT2D eigenvalue weighted by molar-refractivity contribution is 5.87. The van der Waals surface area contributed by atoms with Crippen LogP contribution in [-0.2, 0) is 13.1 Å². The molecule has 1 N–H and O–H groups in total. The first-order valence-electron chi connectivity index (χ1n) is 13.0. The largest absolute Gasteiger partial charge is 0.309 e. The van der Waals surface area contributed by atoms with Gasteiger partial charge in [0, 0.05) is 30.7 Å². The average Bonchev–Trinajstić information content (AvgIpc) is 3.00. The van der Waals surface area contributed by atoms with Gasteiger partial charge in [-0.2, -0.15) is 5.26 Å². The minimum atomic E-state index is 0.557. The van der Waals surface area contributed by atoms with Crippen LogP contribution >= 0.6 is 0 Å². The minimum absolute atomic E-state index is 0.557. The molecule has 0 aliphatic carbocycles. The average molecular weight is 507 g/mol. The van der Waals surface area contributed by atoms with Crippen LogP contribution in [0.2, 0.25) is 0 Å². The van der Waals surface area contributed by atoms with Crippen molar-refractivity contribution in [3.63, 3.8) is 0 Å². The van der Waals surface area contributed by atoms with E-state index in [-0.39, 0.29) is 0 Å². The lowest BCUT2D eigenvalue weighted by Gasteiger charge is -2.28. The lowest BCUT2D eigenvalue weighted by Crippen LogP contribution is -2.17.